The van der Waals surface area contributed by atoms with Crippen LogP contribution in [0.1, 0.15) is 24.2 Å². The van der Waals surface area contributed by atoms with E-state index in [1.165, 1.54) is 25.0 Å². The van der Waals surface area contributed by atoms with Crippen molar-refractivity contribution in [3.05, 3.63) is 47.8 Å². The van der Waals surface area contributed by atoms with E-state index in [9.17, 15) is 9.18 Å². The number of benzene rings is 1. The van der Waals surface area contributed by atoms with Crippen molar-refractivity contribution in [2.75, 3.05) is 18.5 Å². The van der Waals surface area contributed by atoms with Crippen LogP contribution in [0.15, 0.2) is 30.6 Å². The van der Waals surface area contributed by atoms with E-state index >= 15 is 0 Å². The van der Waals surface area contributed by atoms with Crippen molar-refractivity contribution < 1.29 is 13.9 Å². The molecule has 2 amide bonds. The highest BCUT2D eigenvalue weighted by atomic mass is 19.1. The van der Waals surface area contributed by atoms with Crippen molar-refractivity contribution in [2.45, 2.75) is 32.5 Å². The number of amides is 2. The molecule has 1 aromatic carbocycles. The van der Waals surface area contributed by atoms with Crippen molar-refractivity contribution in [1.29, 1.82) is 0 Å². The SMILES string of the molecule is O=C(Nc1cccc(F)c1)N1CCn2cnc(COCC3CC3)c2C1. The first-order valence-corrected chi connectivity index (χ1v) is 8.61. The third-order valence-corrected chi connectivity index (χ3v) is 4.64. The van der Waals surface area contributed by atoms with Crippen LogP contribution in [-0.4, -0.2) is 33.6 Å². The molecule has 0 radical (unpaired) electrons. The van der Waals surface area contributed by atoms with Crippen LogP contribution in [0.2, 0.25) is 0 Å². The van der Waals surface area contributed by atoms with Gasteiger partial charge in [0, 0.05) is 25.4 Å². The predicted octanol–water partition coefficient (Wildman–Crippen LogP) is 3.00. The molecule has 1 aliphatic heterocycles. The fraction of sp³-hybridized carbons (Fsp3) is 0.444. The van der Waals surface area contributed by atoms with E-state index in [0.717, 1.165) is 18.0 Å². The number of ether oxygens (including phenoxy) is 1. The number of aromatic nitrogens is 2. The van der Waals surface area contributed by atoms with Gasteiger partial charge in [0.2, 0.25) is 0 Å². The van der Waals surface area contributed by atoms with Gasteiger partial charge in [-0.15, -0.1) is 0 Å². The maximum atomic E-state index is 13.3. The predicted molar refractivity (Wildman–Crippen MR) is 90.4 cm³/mol. The van der Waals surface area contributed by atoms with Crippen LogP contribution >= 0.6 is 0 Å². The first-order chi connectivity index (χ1) is 12.2. The summed E-state index contributed by atoms with van der Waals surface area (Å²) in [5, 5.41) is 2.75. The number of hydrogen-bond acceptors (Lipinski definition) is 3. The summed E-state index contributed by atoms with van der Waals surface area (Å²) in [6.45, 7) is 3.03. The lowest BCUT2D eigenvalue weighted by atomic mass is 10.2. The van der Waals surface area contributed by atoms with Gasteiger partial charge in [0.1, 0.15) is 5.82 Å². The Balaban J connectivity index is 1.39. The number of carbonyl (C=O) groups excluding carboxylic acids is 1. The van der Waals surface area contributed by atoms with Crippen molar-refractivity contribution in [1.82, 2.24) is 14.5 Å². The van der Waals surface area contributed by atoms with Gasteiger partial charge in [-0.25, -0.2) is 14.2 Å². The van der Waals surface area contributed by atoms with Crippen LogP contribution in [0.5, 0.6) is 0 Å². The van der Waals surface area contributed by atoms with Gasteiger partial charge in [0.15, 0.2) is 0 Å². The molecule has 2 aliphatic rings. The Morgan fingerprint density at radius 1 is 1.36 bits per heavy atom. The summed E-state index contributed by atoms with van der Waals surface area (Å²) >= 11 is 0. The van der Waals surface area contributed by atoms with Crippen molar-refractivity contribution in [3.63, 3.8) is 0 Å². The van der Waals surface area contributed by atoms with Crippen molar-refractivity contribution in [2.24, 2.45) is 5.92 Å². The van der Waals surface area contributed by atoms with Gasteiger partial charge >= 0.3 is 6.03 Å². The fourth-order valence-electron chi connectivity index (χ4n) is 2.98. The number of carbonyl (C=O) groups is 1. The molecule has 1 fully saturated rings. The molecule has 0 atom stereocenters. The van der Waals surface area contributed by atoms with Gasteiger partial charge in [-0.3, -0.25) is 0 Å². The second-order valence-electron chi connectivity index (χ2n) is 6.65. The van der Waals surface area contributed by atoms with Gasteiger partial charge in [0.25, 0.3) is 0 Å². The zero-order valence-electron chi connectivity index (χ0n) is 13.9. The van der Waals surface area contributed by atoms with E-state index in [1.54, 1.807) is 17.0 Å². The summed E-state index contributed by atoms with van der Waals surface area (Å²) in [6, 6.07) is 5.67. The number of fused-ring (bicyclic) bond motifs is 1. The fourth-order valence-corrected chi connectivity index (χ4v) is 2.98. The molecule has 1 saturated carbocycles. The van der Waals surface area contributed by atoms with E-state index in [1.807, 2.05) is 6.33 Å². The summed E-state index contributed by atoms with van der Waals surface area (Å²) in [7, 11) is 0. The second-order valence-corrected chi connectivity index (χ2v) is 6.65. The minimum atomic E-state index is -0.371. The molecule has 7 heteroatoms. The smallest absolute Gasteiger partial charge is 0.322 e. The molecular weight excluding hydrogens is 323 g/mol. The number of anilines is 1. The Morgan fingerprint density at radius 3 is 3.04 bits per heavy atom. The van der Waals surface area contributed by atoms with Gasteiger partial charge in [-0.2, -0.15) is 0 Å². The molecule has 1 aromatic heterocycles. The van der Waals surface area contributed by atoms with Crippen molar-refractivity contribution >= 4 is 11.7 Å². The van der Waals surface area contributed by atoms with Crippen LogP contribution in [0.3, 0.4) is 0 Å². The van der Waals surface area contributed by atoms with E-state index in [2.05, 4.69) is 14.9 Å². The maximum absolute atomic E-state index is 13.3. The lowest BCUT2D eigenvalue weighted by molar-refractivity contribution is 0.107. The maximum Gasteiger partial charge on any atom is 0.322 e. The quantitative estimate of drug-likeness (QED) is 0.907. The Morgan fingerprint density at radius 2 is 2.24 bits per heavy atom. The largest absolute Gasteiger partial charge is 0.375 e. The molecule has 0 spiro atoms. The Kier molecular flexibility index (Phi) is 4.40. The molecule has 0 bridgehead atoms. The third kappa shape index (κ3) is 3.82. The van der Waals surface area contributed by atoms with Crippen LogP contribution in [0.4, 0.5) is 14.9 Å². The van der Waals surface area contributed by atoms with Gasteiger partial charge in [0.05, 0.1) is 30.9 Å². The summed E-state index contributed by atoms with van der Waals surface area (Å²) in [5.41, 5.74) is 2.36. The summed E-state index contributed by atoms with van der Waals surface area (Å²) in [6.07, 6.45) is 4.33. The monoisotopic (exact) mass is 344 g/mol. The van der Waals surface area contributed by atoms with Crippen LogP contribution < -0.4 is 5.32 Å². The molecule has 1 N–H and O–H groups in total. The number of imidazole rings is 1. The lowest BCUT2D eigenvalue weighted by Gasteiger charge is -2.29. The normalized spacial score (nSPS) is 16.6. The standard InChI is InChI=1S/C18H21FN4O2/c19-14-2-1-3-15(8-14)21-18(24)22-6-7-23-12-20-16(17(23)9-22)11-25-10-13-4-5-13/h1-3,8,12-13H,4-7,9-11H2,(H,21,24). The van der Waals surface area contributed by atoms with Gasteiger partial charge in [-0.1, -0.05) is 6.07 Å². The average Bonchev–Trinajstić information content (AvgIpc) is 3.34. The number of nitrogens with zero attached hydrogens (tertiary/aromatic N) is 3. The van der Waals surface area contributed by atoms with Gasteiger partial charge < -0.3 is 19.5 Å². The van der Waals surface area contributed by atoms with Crippen LogP contribution in [-0.2, 0) is 24.4 Å². The van der Waals surface area contributed by atoms with Crippen LogP contribution in [0.25, 0.3) is 0 Å². The molecule has 132 valence electrons. The van der Waals surface area contributed by atoms with E-state index < -0.39 is 0 Å². The second kappa shape index (κ2) is 6.84. The summed E-state index contributed by atoms with van der Waals surface area (Å²) in [4.78, 5) is 18.6. The molecule has 25 heavy (non-hydrogen) atoms. The lowest BCUT2D eigenvalue weighted by Crippen LogP contribution is -2.40. The summed E-state index contributed by atoms with van der Waals surface area (Å²) in [5.74, 6) is 0.344. The van der Waals surface area contributed by atoms with E-state index in [4.69, 9.17) is 4.74 Å². The minimum Gasteiger partial charge on any atom is -0.375 e. The molecular formula is C18H21FN4O2. The zero-order chi connectivity index (χ0) is 17.2. The zero-order valence-corrected chi connectivity index (χ0v) is 13.9. The third-order valence-electron chi connectivity index (χ3n) is 4.64. The molecule has 0 unspecified atom stereocenters. The molecule has 6 nitrogen and oxygen atoms in total. The summed E-state index contributed by atoms with van der Waals surface area (Å²) < 4.78 is 21.1. The Bertz CT molecular complexity index is 772. The Labute approximate surface area is 145 Å². The first kappa shape index (κ1) is 16.1. The minimum absolute atomic E-state index is 0.233. The highest BCUT2D eigenvalue weighted by molar-refractivity contribution is 5.89. The molecule has 2 aromatic rings. The highest BCUT2D eigenvalue weighted by Gasteiger charge is 2.25. The number of rotatable bonds is 5. The van der Waals surface area contributed by atoms with Gasteiger partial charge in [-0.05, 0) is 37.0 Å². The highest BCUT2D eigenvalue weighted by Crippen LogP contribution is 2.29. The number of halogens is 1. The molecule has 1 aliphatic carbocycles. The van der Waals surface area contributed by atoms with Crippen LogP contribution in [0, 0.1) is 11.7 Å². The van der Waals surface area contributed by atoms with Crippen molar-refractivity contribution in [3.8, 4) is 0 Å². The molecule has 4 rings (SSSR count). The number of nitrogens with one attached hydrogen (secondary N) is 1. The number of urea groups is 1. The number of hydrogen-bond donors (Lipinski definition) is 1. The first-order valence-electron chi connectivity index (χ1n) is 8.61. The average molecular weight is 344 g/mol. The van der Waals surface area contributed by atoms with E-state index in [-0.39, 0.29) is 11.8 Å². The topological polar surface area (TPSA) is 59.4 Å². The van der Waals surface area contributed by atoms with E-state index in [0.29, 0.717) is 37.8 Å². The molecule has 2 heterocycles. The molecule has 0 saturated heterocycles. The Hall–Kier alpha value is -2.41.